The Bertz CT molecular complexity index is 727. The molecule has 0 saturated carbocycles. The maximum Gasteiger partial charge on any atom is 0.167 e. The van der Waals surface area contributed by atoms with Crippen molar-refractivity contribution in [3.05, 3.63) is 20.1 Å². The van der Waals surface area contributed by atoms with Crippen molar-refractivity contribution in [2.45, 2.75) is 43.9 Å². The van der Waals surface area contributed by atoms with E-state index in [9.17, 15) is 10.2 Å². The number of anilines is 1. The smallest absolute Gasteiger partial charge is 0.167 e. The van der Waals surface area contributed by atoms with Crippen molar-refractivity contribution >= 4 is 27.9 Å². The summed E-state index contributed by atoms with van der Waals surface area (Å²) in [5.41, 5.74) is 10.7. The first-order valence-electron chi connectivity index (χ1n) is 8.25. The Kier molecular flexibility index (Phi) is 6.80. The highest BCUT2D eigenvalue weighted by Crippen LogP contribution is 2.32. The Morgan fingerprint density at radius 2 is 2.08 bits per heavy atom. The van der Waals surface area contributed by atoms with E-state index < -0.39 is 24.5 Å². The number of nitrogens with two attached hydrogens (primary N) is 1. The number of nitrogens with zero attached hydrogens (tertiary/aromatic N) is 4. The first-order chi connectivity index (χ1) is 11.9. The van der Waals surface area contributed by atoms with Gasteiger partial charge in [-0.3, -0.25) is 4.57 Å². The van der Waals surface area contributed by atoms with Crippen LogP contribution in [0, 0.1) is 7.43 Å². The number of rotatable bonds is 6. The second-order valence-corrected chi connectivity index (χ2v) is 8.98. The summed E-state index contributed by atoms with van der Waals surface area (Å²) >= 11 is 0. The first kappa shape index (κ1) is 20.8. The number of ether oxygens (including phenoxy) is 1. The molecule has 146 valence electrons. The third-order valence-electron chi connectivity index (χ3n) is 4.41. The summed E-state index contributed by atoms with van der Waals surface area (Å²) in [6.07, 6.45) is 2.86. The van der Waals surface area contributed by atoms with Gasteiger partial charge in [0.1, 0.15) is 41.7 Å². The number of hydrogen-bond donors (Lipinski definition) is 4. The lowest BCUT2D eigenvalue weighted by Crippen LogP contribution is -2.59. The Labute approximate surface area is 156 Å². The molecule has 9 nitrogen and oxygen atoms in total. The molecule has 0 aliphatic carbocycles. The summed E-state index contributed by atoms with van der Waals surface area (Å²) < 4.78 is 7.57. The van der Waals surface area contributed by atoms with E-state index in [1.807, 2.05) is 0 Å². The van der Waals surface area contributed by atoms with Crippen molar-refractivity contribution in [1.29, 1.82) is 0 Å². The van der Waals surface area contributed by atoms with Gasteiger partial charge in [0.2, 0.25) is 0 Å². The summed E-state index contributed by atoms with van der Waals surface area (Å²) in [4.78, 5) is 12.3. The van der Waals surface area contributed by atoms with Crippen molar-refractivity contribution in [1.82, 2.24) is 19.5 Å². The van der Waals surface area contributed by atoms with Crippen LogP contribution >= 0.6 is 0 Å². The maximum absolute atomic E-state index is 10.5. The van der Waals surface area contributed by atoms with Gasteiger partial charge in [0, 0.05) is 6.42 Å². The molecule has 10 heteroatoms. The molecule has 0 bridgehead atoms. The van der Waals surface area contributed by atoms with E-state index in [0.717, 1.165) is 12.2 Å². The lowest BCUT2D eigenvalue weighted by molar-refractivity contribution is -0.414. The minimum Gasteiger partial charge on any atom is -0.387 e. The zero-order valence-corrected chi connectivity index (χ0v) is 16.3. The fourth-order valence-corrected chi connectivity index (χ4v) is 4.73. The third kappa shape index (κ3) is 4.09. The van der Waals surface area contributed by atoms with Crippen LogP contribution in [-0.2, 0) is 15.6 Å². The van der Waals surface area contributed by atoms with Gasteiger partial charge >= 0.3 is 0 Å². The number of aliphatic hydroxyl groups is 2. The molecule has 1 saturated heterocycles. The molecule has 0 radical (unpaired) electrons. The van der Waals surface area contributed by atoms with Crippen molar-refractivity contribution in [3.63, 3.8) is 0 Å². The Morgan fingerprint density at radius 1 is 1.35 bits per heavy atom. The van der Waals surface area contributed by atoms with E-state index >= 15 is 0 Å². The summed E-state index contributed by atoms with van der Waals surface area (Å²) in [5, 5.41) is 20.9. The average Bonchev–Trinajstić information content (AvgIpc) is 3.10. The van der Waals surface area contributed by atoms with E-state index in [0.29, 0.717) is 23.0 Å². The Hall–Kier alpha value is -1.46. The molecule has 2 aromatic rings. The number of imidazole rings is 1. The molecule has 3 heterocycles. The van der Waals surface area contributed by atoms with Crippen molar-refractivity contribution in [2.24, 2.45) is 0 Å². The Balaban J connectivity index is 0.00000243. The minimum atomic E-state index is -1.05. The molecule has 1 unspecified atom stereocenters. The SMILES string of the molecule is C[C@@H]([NH3+])CC[S+](C)C[C@H]1O[C@@H](n2cnc3c(N)ncnc32)[C@H](O)[C@@H]1O.[CH3-]. The van der Waals surface area contributed by atoms with Crippen LogP contribution in [0.25, 0.3) is 11.2 Å². The zero-order valence-electron chi connectivity index (χ0n) is 15.4. The van der Waals surface area contributed by atoms with Crippen LogP contribution in [0.2, 0.25) is 0 Å². The van der Waals surface area contributed by atoms with E-state index in [1.54, 1.807) is 4.57 Å². The topological polar surface area (TPSA) is 147 Å². The quantitative estimate of drug-likeness (QED) is 0.359. The van der Waals surface area contributed by atoms with E-state index in [4.69, 9.17) is 10.5 Å². The highest BCUT2D eigenvalue weighted by Gasteiger charge is 2.46. The molecular weight excluding hydrogens is 356 g/mol. The van der Waals surface area contributed by atoms with Gasteiger partial charge in [0.25, 0.3) is 0 Å². The van der Waals surface area contributed by atoms with Crippen LogP contribution in [-0.4, -0.2) is 71.8 Å². The van der Waals surface area contributed by atoms with Gasteiger partial charge < -0.3 is 33.8 Å². The molecule has 2 aromatic heterocycles. The number of quaternary nitrogens is 1. The molecule has 3 rings (SSSR count). The molecule has 7 N–H and O–H groups in total. The largest absolute Gasteiger partial charge is 0.387 e. The average molecular weight is 386 g/mol. The third-order valence-corrected chi connectivity index (χ3v) is 6.24. The molecule has 1 fully saturated rings. The standard InChI is InChI=1S/C15H25N6O3S.CH3/c1-8(16)3-4-25(2)5-9-11(22)12(23)15(24-9)21-7-20-10-13(17)18-6-19-14(10)21;/h6-9,11-12,15,22-23H,3-5,16H2,1-2H3,(H2,17,18,19);1H3/q+1;-1/p+1/t8-,9-,11-,12-,15-,25?;/m1./s1. The van der Waals surface area contributed by atoms with Gasteiger partial charge in [-0.05, 0) is 17.8 Å². The lowest BCUT2D eigenvalue weighted by atomic mass is 10.1. The van der Waals surface area contributed by atoms with Gasteiger partial charge in [0.05, 0.1) is 18.6 Å². The molecule has 0 aromatic carbocycles. The van der Waals surface area contributed by atoms with Gasteiger partial charge in [-0.2, -0.15) is 0 Å². The van der Waals surface area contributed by atoms with Crippen LogP contribution in [0.3, 0.4) is 0 Å². The molecule has 6 atom stereocenters. The van der Waals surface area contributed by atoms with Gasteiger partial charge in [-0.15, -0.1) is 0 Å². The summed E-state index contributed by atoms with van der Waals surface area (Å²) in [6, 6.07) is 0.408. The predicted octanol–water partition coefficient (Wildman–Crippen LogP) is -1.25. The van der Waals surface area contributed by atoms with Crippen LogP contribution in [0.4, 0.5) is 5.82 Å². The first-order valence-corrected chi connectivity index (χ1v) is 10.2. The second-order valence-electron chi connectivity index (χ2n) is 6.68. The van der Waals surface area contributed by atoms with Gasteiger partial charge in [-0.25, -0.2) is 15.0 Å². The normalized spacial score (nSPS) is 28.0. The van der Waals surface area contributed by atoms with E-state index in [1.165, 1.54) is 12.7 Å². The van der Waals surface area contributed by atoms with Crippen LogP contribution in [0.5, 0.6) is 0 Å². The molecular formula is C16H29N6O3S+. The maximum atomic E-state index is 10.5. The van der Waals surface area contributed by atoms with Crippen molar-refractivity contribution in [3.8, 4) is 0 Å². The van der Waals surface area contributed by atoms with Crippen molar-refractivity contribution in [2.75, 3.05) is 23.5 Å². The lowest BCUT2D eigenvalue weighted by Gasteiger charge is -2.16. The summed E-state index contributed by atoms with van der Waals surface area (Å²) in [7, 11) is 0.0848. The van der Waals surface area contributed by atoms with Gasteiger partial charge in [-0.1, -0.05) is 0 Å². The predicted molar refractivity (Wildman–Crippen MR) is 102 cm³/mol. The summed E-state index contributed by atoms with van der Waals surface area (Å²) in [5.74, 6) is 2.01. The molecule has 0 amide bonds. The highest BCUT2D eigenvalue weighted by molar-refractivity contribution is 7.96. The molecule has 0 spiro atoms. The number of fused-ring (bicyclic) bond motifs is 1. The van der Waals surface area contributed by atoms with Crippen LogP contribution in [0.15, 0.2) is 12.7 Å². The van der Waals surface area contributed by atoms with E-state index in [2.05, 4.69) is 33.9 Å². The zero-order chi connectivity index (χ0) is 18.1. The number of aliphatic hydroxyl groups excluding tert-OH is 2. The number of aromatic nitrogens is 4. The summed E-state index contributed by atoms with van der Waals surface area (Å²) in [6.45, 7) is 2.09. The van der Waals surface area contributed by atoms with Crippen LogP contribution < -0.4 is 11.5 Å². The Morgan fingerprint density at radius 3 is 2.77 bits per heavy atom. The number of hydrogen-bond acceptors (Lipinski definition) is 7. The highest BCUT2D eigenvalue weighted by atomic mass is 32.2. The minimum absolute atomic E-state index is 0. The monoisotopic (exact) mass is 385 g/mol. The fraction of sp³-hybridized carbons (Fsp3) is 0.625. The fourth-order valence-electron chi connectivity index (χ4n) is 2.92. The van der Waals surface area contributed by atoms with Crippen LogP contribution in [0.1, 0.15) is 19.6 Å². The van der Waals surface area contributed by atoms with Gasteiger partial charge in [0.15, 0.2) is 17.7 Å². The molecule has 1 aliphatic rings. The number of nitrogen functional groups attached to an aromatic ring is 1. The molecule has 1 aliphatic heterocycles. The van der Waals surface area contributed by atoms with Crippen molar-refractivity contribution < 1.29 is 20.7 Å². The van der Waals surface area contributed by atoms with E-state index in [-0.39, 0.29) is 24.1 Å². The molecule has 26 heavy (non-hydrogen) atoms. The second kappa shape index (κ2) is 8.49.